The van der Waals surface area contributed by atoms with Crippen LogP contribution >= 0.6 is 11.6 Å². The maximum Gasteiger partial charge on any atom is 0.261 e. The molecule has 22 heavy (non-hydrogen) atoms. The molecule has 0 saturated carbocycles. The maximum absolute atomic E-state index is 12.1. The highest BCUT2D eigenvalue weighted by molar-refractivity contribution is 7.89. The van der Waals surface area contributed by atoms with E-state index in [1.807, 2.05) is 28.8 Å². The van der Waals surface area contributed by atoms with Crippen molar-refractivity contribution in [3.63, 3.8) is 0 Å². The van der Waals surface area contributed by atoms with Gasteiger partial charge in [-0.2, -0.15) is 0 Å². The molecule has 0 aromatic carbocycles. The SMILES string of the molecule is Cn1cnc(S(=O)(=O)NCCc2nnc3ccccn23)c1Cl. The second kappa shape index (κ2) is 5.67. The van der Waals surface area contributed by atoms with Crippen LogP contribution in [0.15, 0.2) is 35.7 Å². The zero-order valence-electron chi connectivity index (χ0n) is 11.6. The Bertz CT molecular complexity index is 917. The second-order valence-corrected chi connectivity index (χ2v) is 6.68. The van der Waals surface area contributed by atoms with E-state index in [9.17, 15) is 8.42 Å². The molecule has 116 valence electrons. The predicted octanol–water partition coefficient (Wildman–Crippen LogP) is 0.637. The van der Waals surface area contributed by atoms with Crippen molar-refractivity contribution in [1.82, 2.24) is 28.9 Å². The summed E-state index contributed by atoms with van der Waals surface area (Å²) in [5.41, 5.74) is 0.716. The molecule has 0 aliphatic rings. The number of aromatic nitrogens is 5. The van der Waals surface area contributed by atoms with Crippen molar-refractivity contribution < 1.29 is 8.42 Å². The quantitative estimate of drug-likeness (QED) is 0.735. The molecule has 0 aliphatic carbocycles. The van der Waals surface area contributed by atoms with Crippen LogP contribution in [0.25, 0.3) is 5.65 Å². The van der Waals surface area contributed by atoms with Gasteiger partial charge in [0.25, 0.3) is 10.0 Å². The third kappa shape index (κ3) is 2.70. The standard InChI is InChI=1S/C12H13ClN6O2S/c1-18-8-14-12(11(18)13)22(20,21)15-6-5-10-17-16-9-4-2-3-7-19(9)10/h2-4,7-8,15H,5-6H2,1H3. The molecule has 3 aromatic heterocycles. The first-order chi connectivity index (χ1) is 10.5. The number of imidazole rings is 1. The Kier molecular flexibility index (Phi) is 3.85. The van der Waals surface area contributed by atoms with E-state index in [0.29, 0.717) is 17.9 Å². The third-order valence-electron chi connectivity index (χ3n) is 3.11. The van der Waals surface area contributed by atoms with Gasteiger partial charge in [0.1, 0.15) is 11.0 Å². The monoisotopic (exact) mass is 340 g/mol. The van der Waals surface area contributed by atoms with E-state index < -0.39 is 10.0 Å². The second-order valence-electron chi connectivity index (χ2n) is 4.64. The van der Waals surface area contributed by atoms with Gasteiger partial charge in [0.2, 0.25) is 5.03 Å². The van der Waals surface area contributed by atoms with Gasteiger partial charge in [-0.15, -0.1) is 10.2 Å². The van der Waals surface area contributed by atoms with Crippen molar-refractivity contribution in [3.8, 4) is 0 Å². The fraction of sp³-hybridized carbons (Fsp3) is 0.250. The number of hydrogen-bond donors (Lipinski definition) is 1. The summed E-state index contributed by atoms with van der Waals surface area (Å²) in [7, 11) is -2.13. The van der Waals surface area contributed by atoms with Gasteiger partial charge < -0.3 is 4.57 Å². The van der Waals surface area contributed by atoms with Gasteiger partial charge in [-0.05, 0) is 12.1 Å². The highest BCUT2D eigenvalue weighted by atomic mass is 35.5. The minimum absolute atomic E-state index is 0.0698. The molecule has 0 bridgehead atoms. The summed E-state index contributed by atoms with van der Waals surface area (Å²) in [6, 6.07) is 5.55. The van der Waals surface area contributed by atoms with Gasteiger partial charge in [0.15, 0.2) is 5.65 Å². The molecular formula is C12H13ClN6O2S. The van der Waals surface area contributed by atoms with Gasteiger partial charge >= 0.3 is 0 Å². The molecule has 1 N–H and O–H groups in total. The summed E-state index contributed by atoms with van der Waals surface area (Å²) in [6.45, 7) is 0.172. The number of aryl methyl sites for hydroxylation is 1. The zero-order chi connectivity index (χ0) is 15.7. The van der Waals surface area contributed by atoms with Crippen molar-refractivity contribution in [1.29, 1.82) is 0 Å². The van der Waals surface area contributed by atoms with Crippen LogP contribution in [0.4, 0.5) is 0 Å². The lowest BCUT2D eigenvalue weighted by atomic mass is 10.4. The summed E-state index contributed by atoms with van der Waals surface area (Å²) in [6.07, 6.45) is 3.58. The number of hydrogen-bond acceptors (Lipinski definition) is 5. The van der Waals surface area contributed by atoms with Gasteiger partial charge in [0, 0.05) is 26.2 Å². The molecule has 0 atom stereocenters. The maximum atomic E-state index is 12.1. The van der Waals surface area contributed by atoms with Crippen LogP contribution in [-0.2, 0) is 23.5 Å². The van der Waals surface area contributed by atoms with Crippen molar-refractivity contribution in [2.75, 3.05) is 6.54 Å². The van der Waals surface area contributed by atoms with E-state index in [0.717, 1.165) is 0 Å². The van der Waals surface area contributed by atoms with Crippen LogP contribution in [0.2, 0.25) is 5.15 Å². The average molecular weight is 341 g/mol. The fourth-order valence-corrected chi connectivity index (χ4v) is 3.46. The van der Waals surface area contributed by atoms with Crippen LogP contribution in [0.1, 0.15) is 5.82 Å². The Labute approximate surface area is 131 Å². The Morgan fingerprint density at radius 1 is 1.32 bits per heavy atom. The summed E-state index contributed by atoms with van der Waals surface area (Å²) in [5.74, 6) is 0.672. The third-order valence-corrected chi connectivity index (χ3v) is 5.06. The number of sulfonamides is 1. The van der Waals surface area contributed by atoms with Gasteiger partial charge in [-0.3, -0.25) is 4.40 Å². The topological polar surface area (TPSA) is 94.2 Å². The molecule has 8 nitrogen and oxygen atoms in total. The number of halogens is 1. The van der Waals surface area contributed by atoms with Gasteiger partial charge in [-0.1, -0.05) is 17.7 Å². The molecule has 3 rings (SSSR count). The Morgan fingerprint density at radius 2 is 2.14 bits per heavy atom. The smallest absolute Gasteiger partial charge is 0.261 e. The molecule has 0 saturated heterocycles. The minimum atomic E-state index is -3.75. The number of rotatable bonds is 5. The van der Waals surface area contributed by atoms with E-state index >= 15 is 0 Å². The predicted molar refractivity (Wildman–Crippen MR) is 80.1 cm³/mol. The van der Waals surface area contributed by atoms with Crippen LogP contribution < -0.4 is 4.72 Å². The first-order valence-electron chi connectivity index (χ1n) is 6.44. The molecule has 3 heterocycles. The zero-order valence-corrected chi connectivity index (χ0v) is 13.2. The Morgan fingerprint density at radius 3 is 2.86 bits per heavy atom. The van der Waals surface area contributed by atoms with Crippen LogP contribution in [0.5, 0.6) is 0 Å². The summed E-state index contributed by atoms with van der Waals surface area (Å²) < 4.78 is 30.0. The van der Waals surface area contributed by atoms with E-state index in [2.05, 4.69) is 19.9 Å². The van der Waals surface area contributed by atoms with Crippen LogP contribution in [0.3, 0.4) is 0 Å². The molecule has 3 aromatic rings. The van der Waals surface area contributed by atoms with E-state index in [-0.39, 0.29) is 16.7 Å². The van der Waals surface area contributed by atoms with Crippen LogP contribution in [-0.4, -0.2) is 39.1 Å². The summed E-state index contributed by atoms with van der Waals surface area (Å²) in [5, 5.41) is 7.94. The molecule has 0 fully saturated rings. The summed E-state index contributed by atoms with van der Waals surface area (Å²) in [4.78, 5) is 3.80. The van der Waals surface area contributed by atoms with Crippen LogP contribution in [0, 0.1) is 0 Å². The van der Waals surface area contributed by atoms with E-state index in [4.69, 9.17) is 11.6 Å². The van der Waals surface area contributed by atoms with E-state index in [1.54, 1.807) is 7.05 Å². The number of nitrogens with one attached hydrogen (secondary N) is 1. The normalized spacial score (nSPS) is 12.1. The molecule has 0 unspecified atom stereocenters. The molecule has 0 radical (unpaired) electrons. The molecule has 0 spiro atoms. The number of fused-ring (bicyclic) bond motifs is 1. The van der Waals surface area contributed by atoms with Crippen molar-refractivity contribution in [2.45, 2.75) is 11.4 Å². The lowest BCUT2D eigenvalue weighted by Gasteiger charge is -2.04. The average Bonchev–Trinajstić information content (AvgIpc) is 3.04. The Hall–Kier alpha value is -1.97. The largest absolute Gasteiger partial charge is 0.324 e. The molecular weight excluding hydrogens is 328 g/mol. The molecule has 10 heteroatoms. The number of pyridine rings is 1. The first kappa shape index (κ1) is 14.9. The lowest BCUT2D eigenvalue weighted by molar-refractivity contribution is 0.577. The lowest BCUT2D eigenvalue weighted by Crippen LogP contribution is -2.27. The minimum Gasteiger partial charge on any atom is -0.324 e. The van der Waals surface area contributed by atoms with Gasteiger partial charge in [0.05, 0.1) is 6.33 Å². The number of nitrogens with zero attached hydrogens (tertiary/aromatic N) is 5. The summed E-state index contributed by atoms with van der Waals surface area (Å²) >= 11 is 5.90. The molecule has 0 aliphatic heterocycles. The highest BCUT2D eigenvalue weighted by Gasteiger charge is 2.22. The van der Waals surface area contributed by atoms with E-state index in [1.165, 1.54) is 10.9 Å². The van der Waals surface area contributed by atoms with Crippen molar-refractivity contribution in [2.24, 2.45) is 7.05 Å². The fourth-order valence-electron chi connectivity index (χ4n) is 2.00. The van der Waals surface area contributed by atoms with Crippen molar-refractivity contribution >= 4 is 27.3 Å². The Balaban J connectivity index is 1.71. The van der Waals surface area contributed by atoms with Gasteiger partial charge in [-0.25, -0.2) is 18.1 Å². The highest BCUT2D eigenvalue weighted by Crippen LogP contribution is 2.18. The first-order valence-corrected chi connectivity index (χ1v) is 8.30. The molecule has 0 amide bonds. The van der Waals surface area contributed by atoms with Crippen molar-refractivity contribution in [3.05, 3.63) is 41.7 Å².